The number of carbonyl (C=O) groups excluding carboxylic acids is 1. The Morgan fingerprint density at radius 1 is 1.24 bits per heavy atom. The minimum atomic E-state index is -0.737. The summed E-state index contributed by atoms with van der Waals surface area (Å²) in [7, 11) is 1.47. The second-order valence-corrected chi connectivity index (χ2v) is 8.97. The van der Waals surface area contributed by atoms with E-state index in [-0.39, 0.29) is 17.4 Å². The lowest BCUT2D eigenvalue weighted by Crippen LogP contribution is -2.57. The Kier molecular flexibility index (Phi) is 5.73. The summed E-state index contributed by atoms with van der Waals surface area (Å²) in [5, 5.41) is 3.41. The molecule has 1 N–H and O–H groups in total. The van der Waals surface area contributed by atoms with Crippen LogP contribution >= 0.6 is 0 Å². The molecule has 1 amide bonds. The quantitative estimate of drug-likeness (QED) is 0.636. The number of rotatable bonds is 4. The number of pyridine rings is 2. The number of nitrogens with zero attached hydrogens (tertiary/aromatic N) is 5. The fraction of sp³-hybridized carbons (Fsp3) is 0.400. The number of halogens is 1. The molecule has 5 heterocycles. The van der Waals surface area contributed by atoms with Crippen LogP contribution in [0.15, 0.2) is 36.8 Å². The molecule has 0 bridgehead atoms. The van der Waals surface area contributed by atoms with Crippen molar-refractivity contribution in [3.05, 3.63) is 59.4 Å². The first-order valence-electron chi connectivity index (χ1n) is 11.5. The lowest BCUT2D eigenvalue weighted by Gasteiger charge is -2.45. The third-order valence-corrected chi connectivity index (χ3v) is 6.97. The summed E-state index contributed by atoms with van der Waals surface area (Å²) in [6.45, 7) is 5.13. The number of nitrogens with one attached hydrogen (secondary N) is 1. The van der Waals surface area contributed by atoms with Gasteiger partial charge in [0.15, 0.2) is 5.82 Å². The summed E-state index contributed by atoms with van der Waals surface area (Å²) < 4.78 is 19.9. The molecule has 8 nitrogen and oxygen atoms in total. The summed E-state index contributed by atoms with van der Waals surface area (Å²) in [5.74, 6) is 0.0692. The highest BCUT2D eigenvalue weighted by Gasteiger charge is 2.48. The fourth-order valence-electron chi connectivity index (χ4n) is 5.06. The molecule has 9 heteroatoms. The molecule has 176 valence electrons. The number of carbonyl (C=O) groups is 1. The van der Waals surface area contributed by atoms with Gasteiger partial charge in [0.1, 0.15) is 11.6 Å². The predicted octanol–water partition coefficient (Wildman–Crippen LogP) is 3.20. The van der Waals surface area contributed by atoms with Crippen molar-refractivity contribution in [2.75, 3.05) is 25.1 Å². The van der Waals surface area contributed by atoms with E-state index in [1.807, 2.05) is 17.9 Å². The SMILES string of the molecule is COc1cc([C@@H](C)C(=O)N2c3nc(C)c(-c4ncccn4)cc3CC[C@@]23CCNC3)c(F)cn1. The number of fused-ring (bicyclic) bond motifs is 1. The van der Waals surface area contributed by atoms with Crippen LogP contribution in [0.2, 0.25) is 0 Å². The number of hydrogen-bond donors (Lipinski definition) is 1. The van der Waals surface area contributed by atoms with Crippen LogP contribution in [0.4, 0.5) is 10.2 Å². The first kappa shape index (κ1) is 22.3. The molecule has 2 atom stereocenters. The van der Waals surface area contributed by atoms with Crippen LogP contribution in [-0.4, -0.2) is 51.6 Å². The van der Waals surface area contributed by atoms with E-state index >= 15 is 0 Å². The van der Waals surface area contributed by atoms with Crippen molar-refractivity contribution < 1.29 is 13.9 Å². The normalized spacial score (nSPS) is 20.3. The maximum absolute atomic E-state index is 14.7. The van der Waals surface area contributed by atoms with Crippen LogP contribution in [0.1, 0.15) is 42.5 Å². The van der Waals surface area contributed by atoms with Gasteiger partial charge in [0, 0.05) is 36.1 Å². The Morgan fingerprint density at radius 2 is 2.03 bits per heavy atom. The summed E-state index contributed by atoms with van der Waals surface area (Å²) in [6.07, 6.45) is 6.92. The number of amides is 1. The van der Waals surface area contributed by atoms with Crippen molar-refractivity contribution in [3.63, 3.8) is 0 Å². The fourth-order valence-corrected chi connectivity index (χ4v) is 5.06. The van der Waals surface area contributed by atoms with Gasteiger partial charge in [-0.05, 0) is 57.4 Å². The van der Waals surface area contributed by atoms with Crippen molar-refractivity contribution in [2.45, 2.75) is 44.6 Å². The Morgan fingerprint density at radius 3 is 2.74 bits per heavy atom. The minimum Gasteiger partial charge on any atom is -0.481 e. The lowest BCUT2D eigenvalue weighted by molar-refractivity contribution is -0.121. The number of ether oxygens (including phenoxy) is 1. The van der Waals surface area contributed by atoms with Crippen molar-refractivity contribution in [1.29, 1.82) is 0 Å². The molecule has 0 saturated carbocycles. The third kappa shape index (κ3) is 3.69. The highest BCUT2D eigenvalue weighted by Crippen LogP contribution is 2.43. The topological polar surface area (TPSA) is 93.1 Å². The molecular weight excluding hydrogens is 435 g/mol. The maximum atomic E-state index is 14.7. The Bertz CT molecular complexity index is 1230. The summed E-state index contributed by atoms with van der Waals surface area (Å²) in [5.41, 5.74) is 2.44. The highest BCUT2D eigenvalue weighted by molar-refractivity contribution is 6.00. The average Bonchev–Trinajstić information content (AvgIpc) is 3.32. The molecular formula is C25H27FN6O2. The molecule has 0 unspecified atom stereocenters. The van der Waals surface area contributed by atoms with Crippen molar-refractivity contribution >= 4 is 11.7 Å². The number of anilines is 1. The van der Waals surface area contributed by atoms with Gasteiger partial charge in [-0.1, -0.05) is 0 Å². The molecule has 0 aromatic carbocycles. The Balaban J connectivity index is 1.60. The Hall–Kier alpha value is -3.46. The van der Waals surface area contributed by atoms with Crippen molar-refractivity contribution in [1.82, 2.24) is 25.3 Å². The molecule has 0 aliphatic carbocycles. The molecule has 34 heavy (non-hydrogen) atoms. The van der Waals surface area contributed by atoms with Crippen LogP contribution in [0.3, 0.4) is 0 Å². The summed E-state index contributed by atoms with van der Waals surface area (Å²) in [4.78, 5) is 33.4. The van der Waals surface area contributed by atoms with Crippen LogP contribution in [-0.2, 0) is 11.2 Å². The molecule has 1 spiro atoms. The zero-order valence-corrected chi connectivity index (χ0v) is 19.5. The highest BCUT2D eigenvalue weighted by atomic mass is 19.1. The molecule has 2 aliphatic heterocycles. The van der Waals surface area contributed by atoms with E-state index in [2.05, 4.69) is 20.3 Å². The van der Waals surface area contributed by atoms with Gasteiger partial charge in [0.25, 0.3) is 0 Å². The van der Waals surface area contributed by atoms with E-state index in [9.17, 15) is 9.18 Å². The van der Waals surface area contributed by atoms with Crippen LogP contribution in [0.5, 0.6) is 5.88 Å². The molecule has 3 aromatic heterocycles. The van der Waals surface area contributed by atoms with Gasteiger partial charge in [0.2, 0.25) is 11.8 Å². The summed E-state index contributed by atoms with van der Waals surface area (Å²) >= 11 is 0. The van der Waals surface area contributed by atoms with Gasteiger partial charge in [-0.15, -0.1) is 0 Å². The molecule has 5 rings (SSSR count). The average molecular weight is 463 g/mol. The molecule has 3 aromatic rings. The lowest BCUT2D eigenvalue weighted by atomic mass is 9.82. The number of aryl methyl sites for hydroxylation is 2. The van der Waals surface area contributed by atoms with Crippen LogP contribution in [0.25, 0.3) is 11.4 Å². The number of aromatic nitrogens is 4. The third-order valence-electron chi connectivity index (χ3n) is 6.97. The second kappa shape index (κ2) is 8.72. The van der Waals surface area contributed by atoms with Crippen molar-refractivity contribution in [3.8, 4) is 17.3 Å². The number of methoxy groups -OCH3 is 1. The molecule has 1 saturated heterocycles. The van der Waals surface area contributed by atoms with E-state index in [1.54, 1.807) is 25.4 Å². The Labute approximate surface area is 197 Å². The summed E-state index contributed by atoms with van der Waals surface area (Å²) in [6, 6.07) is 5.32. The van der Waals surface area contributed by atoms with Gasteiger partial charge in [0.05, 0.1) is 30.5 Å². The van der Waals surface area contributed by atoms with E-state index in [0.717, 1.165) is 48.8 Å². The van der Waals surface area contributed by atoms with E-state index < -0.39 is 17.3 Å². The molecule has 1 fully saturated rings. The van der Waals surface area contributed by atoms with Gasteiger partial charge in [-0.3, -0.25) is 9.69 Å². The van der Waals surface area contributed by atoms with Crippen LogP contribution in [0, 0.1) is 12.7 Å². The van der Waals surface area contributed by atoms with E-state index in [0.29, 0.717) is 18.2 Å². The minimum absolute atomic E-state index is 0.188. The van der Waals surface area contributed by atoms with Gasteiger partial charge in [-0.2, -0.15) is 0 Å². The zero-order chi connectivity index (χ0) is 23.9. The smallest absolute Gasteiger partial charge is 0.236 e. The first-order chi connectivity index (χ1) is 16.4. The molecule has 2 aliphatic rings. The zero-order valence-electron chi connectivity index (χ0n) is 19.5. The second-order valence-electron chi connectivity index (χ2n) is 8.97. The van der Waals surface area contributed by atoms with Gasteiger partial charge in [-0.25, -0.2) is 24.3 Å². The van der Waals surface area contributed by atoms with Gasteiger partial charge < -0.3 is 10.1 Å². The predicted molar refractivity (Wildman–Crippen MR) is 125 cm³/mol. The van der Waals surface area contributed by atoms with Crippen molar-refractivity contribution in [2.24, 2.45) is 0 Å². The first-order valence-corrected chi connectivity index (χ1v) is 11.5. The standard InChI is InChI=1S/C25H27FN6O2/c1-15(18-12-21(34-3)30-13-20(18)26)24(33)32-23-17(5-6-25(32)7-10-27-14-25)11-19(16(2)31-23)22-28-8-4-9-29-22/h4,8-9,11-13,15,27H,5-7,10,14H2,1-3H3/t15-,25+/m1/s1. The molecule has 0 radical (unpaired) electrons. The number of hydrogen-bond acceptors (Lipinski definition) is 7. The van der Waals surface area contributed by atoms with Gasteiger partial charge >= 0.3 is 0 Å². The van der Waals surface area contributed by atoms with Crippen LogP contribution < -0.4 is 15.0 Å². The monoisotopic (exact) mass is 462 g/mol. The maximum Gasteiger partial charge on any atom is 0.236 e. The van der Waals surface area contributed by atoms with E-state index in [4.69, 9.17) is 9.72 Å². The largest absolute Gasteiger partial charge is 0.481 e. The van der Waals surface area contributed by atoms with E-state index in [1.165, 1.54) is 13.2 Å².